The molecule has 0 aliphatic carbocycles. The molecule has 0 N–H and O–H groups in total. The topological polar surface area (TPSA) is 121 Å². The molecule has 0 atom stereocenters. The lowest BCUT2D eigenvalue weighted by atomic mass is 10.2. The molecule has 124 valence electrons. The van der Waals surface area contributed by atoms with E-state index in [0.29, 0.717) is 12.1 Å². The zero-order chi connectivity index (χ0) is 16.9. The number of nitro groups is 1. The summed E-state index contributed by atoms with van der Waals surface area (Å²) in [5.74, 6) is -0.0274. The molecule has 1 heterocycles. The normalized spacial score (nSPS) is 11.5. The van der Waals surface area contributed by atoms with Crippen molar-refractivity contribution in [2.45, 2.75) is 37.8 Å². The number of nitrogens with zero attached hydrogens (tertiary/aromatic N) is 5. The van der Waals surface area contributed by atoms with Gasteiger partial charge in [0.05, 0.1) is 16.4 Å². The molecule has 0 aliphatic heterocycles. The molecule has 0 spiro atoms. The second kappa shape index (κ2) is 7.27. The number of tetrazole rings is 1. The standard InChI is InChI=1S/C13H17N5O4S/c1-2-3-4-5-10-23(21,22)13-14-15-16-17(13)11-6-8-12(9-7-11)18(19)20/h6-9H,2-5,10H2,1H3. The lowest BCUT2D eigenvalue weighted by Gasteiger charge is -2.05. The molecule has 0 bridgehead atoms. The van der Waals surface area contributed by atoms with Crippen LogP contribution in [0.15, 0.2) is 29.4 Å². The lowest BCUT2D eigenvalue weighted by Crippen LogP contribution is -2.14. The molecule has 0 fully saturated rings. The van der Waals surface area contributed by atoms with Crippen LogP contribution in [0.1, 0.15) is 32.6 Å². The van der Waals surface area contributed by atoms with Crippen LogP contribution in [0.25, 0.3) is 5.69 Å². The molecule has 0 radical (unpaired) electrons. The first-order valence-corrected chi connectivity index (χ1v) is 8.87. The van der Waals surface area contributed by atoms with E-state index in [1.807, 2.05) is 6.92 Å². The highest BCUT2D eigenvalue weighted by Crippen LogP contribution is 2.18. The van der Waals surface area contributed by atoms with Crippen LogP contribution in [-0.2, 0) is 9.84 Å². The molecule has 1 aromatic heterocycles. The monoisotopic (exact) mass is 339 g/mol. The molecule has 9 nitrogen and oxygen atoms in total. The molecule has 2 rings (SSSR count). The number of unbranched alkanes of at least 4 members (excludes halogenated alkanes) is 3. The fraction of sp³-hybridized carbons (Fsp3) is 0.462. The number of nitro benzene ring substituents is 1. The van der Waals surface area contributed by atoms with Gasteiger partial charge < -0.3 is 0 Å². The predicted octanol–water partition coefficient (Wildman–Crippen LogP) is 1.92. The molecule has 0 unspecified atom stereocenters. The van der Waals surface area contributed by atoms with Gasteiger partial charge in [0.15, 0.2) is 0 Å². The summed E-state index contributed by atoms with van der Waals surface area (Å²) in [5.41, 5.74) is 0.263. The SMILES string of the molecule is CCCCCCS(=O)(=O)c1nnnn1-c1ccc([N+](=O)[O-])cc1. The number of sulfone groups is 1. The van der Waals surface area contributed by atoms with Gasteiger partial charge in [-0.05, 0) is 29.0 Å². The van der Waals surface area contributed by atoms with Gasteiger partial charge in [-0.2, -0.15) is 4.68 Å². The van der Waals surface area contributed by atoms with Gasteiger partial charge in [0, 0.05) is 12.1 Å². The van der Waals surface area contributed by atoms with Gasteiger partial charge in [-0.15, -0.1) is 0 Å². The number of aromatic nitrogens is 4. The highest BCUT2D eigenvalue weighted by molar-refractivity contribution is 7.91. The smallest absolute Gasteiger partial charge is 0.258 e. The average Bonchev–Trinajstić information content (AvgIpc) is 3.02. The van der Waals surface area contributed by atoms with Gasteiger partial charge in [0.1, 0.15) is 0 Å². The van der Waals surface area contributed by atoms with Crippen molar-refractivity contribution < 1.29 is 13.3 Å². The quantitative estimate of drug-likeness (QED) is 0.409. The van der Waals surface area contributed by atoms with Crippen molar-refractivity contribution in [2.75, 3.05) is 5.75 Å². The Morgan fingerprint density at radius 3 is 2.48 bits per heavy atom. The Kier molecular flexibility index (Phi) is 5.37. The number of hydrogen-bond acceptors (Lipinski definition) is 7. The number of rotatable bonds is 8. The van der Waals surface area contributed by atoms with Crippen molar-refractivity contribution in [3.8, 4) is 5.69 Å². The number of non-ortho nitro benzene ring substituents is 1. The van der Waals surface area contributed by atoms with Crippen molar-refractivity contribution in [3.05, 3.63) is 34.4 Å². The van der Waals surface area contributed by atoms with Gasteiger partial charge in [0.25, 0.3) is 10.8 Å². The summed E-state index contributed by atoms with van der Waals surface area (Å²) in [6.07, 6.45) is 3.36. The van der Waals surface area contributed by atoms with Crippen molar-refractivity contribution >= 4 is 15.5 Å². The largest absolute Gasteiger partial charge is 0.272 e. The van der Waals surface area contributed by atoms with Crippen molar-refractivity contribution in [2.24, 2.45) is 0 Å². The zero-order valence-electron chi connectivity index (χ0n) is 12.6. The third-order valence-electron chi connectivity index (χ3n) is 3.29. The molecule has 0 amide bonds. The summed E-state index contributed by atoms with van der Waals surface area (Å²) in [5, 5.41) is 21.1. The van der Waals surface area contributed by atoms with E-state index in [1.165, 1.54) is 24.3 Å². The van der Waals surface area contributed by atoms with Gasteiger partial charge in [-0.1, -0.05) is 31.3 Å². The molecule has 1 aromatic carbocycles. The Morgan fingerprint density at radius 1 is 1.17 bits per heavy atom. The van der Waals surface area contributed by atoms with Crippen molar-refractivity contribution in [1.29, 1.82) is 0 Å². The minimum absolute atomic E-state index is 0.0274. The summed E-state index contributed by atoms with van der Waals surface area (Å²) >= 11 is 0. The van der Waals surface area contributed by atoms with Crippen LogP contribution in [0.5, 0.6) is 0 Å². The molecule has 2 aromatic rings. The van der Waals surface area contributed by atoms with Crippen LogP contribution in [0.2, 0.25) is 0 Å². The molecule has 23 heavy (non-hydrogen) atoms. The maximum absolute atomic E-state index is 12.4. The van der Waals surface area contributed by atoms with E-state index in [4.69, 9.17) is 0 Å². The highest BCUT2D eigenvalue weighted by Gasteiger charge is 2.23. The summed E-state index contributed by atoms with van der Waals surface area (Å²) in [6, 6.07) is 5.36. The van der Waals surface area contributed by atoms with E-state index in [2.05, 4.69) is 15.5 Å². The molecule has 0 saturated carbocycles. The van der Waals surface area contributed by atoms with E-state index < -0.39 is 14.8 Å². The second-order valence-corrected chi connectivity index (χ2v) is 7.03. The van der Waals surface area contributed by atoms with Crippen LogP contribution < -0.4 is 0 Å². The lowest BCUT2D eigenvalue weighted by molar-refractivity contribution is -0.384. The van der Waals surface area contributed by atoms with E-state index in [9.17, 15) is 18.5 Å². The Labute approximate surface area is 133 Å². The van der Waals surface area contributed by atoms with E-state index in [-0.39, 0.29) is 16.6 Å². The number of hydrogen-bond donors (Lipinski definition) is 0. The minimum atomic E-state index is -3.61. The Hall–Kier alpha value is -2.36. The maximum Gasteiger partial charge on any atom is 0.272 e. The van der Waals surface area contributed by atoms with Crippen LogP contribution in [0, 0.1) is 10.1 Å². The predicted molar refractivity (Wildman–Crippen MR) is 82.0 cm³/mol. The first-order valence-electron chi connectivity index (χ1n) is 7.21. The van der Waals surface area contributed by atoms with Crippen LogP contribution in [0.4, 0.5) is 5.69 Å². The van der Waals surface area contributed by atoms with Crippen LogP contribution >= 0.6 is 0 Å². The third-order valence-corrected chi connectivity index (χ3v) is 4.93. The summed E-state index contributed by atoms with van der Waals surface area (Å²) < 4.78 is 25.8. The van der Waals surface area contributed by atoms with Crippen molar-refractivity contribution in [1.82, 2.24) is 20.2 Å². The summed E-state index contributed by atoms with van der Waals surface area (Å²) in [4.78, 5) is 10.1. The Bertz CT molecular complexity index is 770. The first kappa shape index (κ1) is 17.0. The average molecular weight is 339 g/mol. The minimum Gasteiger partial charge on any atom is -0.258 e. The maximum atomic E-state index is 12.4. The second-order valence-electron chi connectivity index (χ2n) is 5.03. The van der Waals surface area contributed by atoms with Crippen LogP contribution in [-0.4, -0.2) is 39.3 Å². The Morgan fingerprint density at radius 2 is 1.87 bits per heavy atom. The Balaban J connectivity index is 2.23. The first-order chi connectivity index (χ1) is 11.0. The molecule has 0 aliphatic rings. The zero-order valence-corrected chi connectivity index (χ0v) is 13.4. The fourth-order valence-electron chi connectivity index (χ4n) is 2.06. The van der Waals surface area contributed by atoms with Crippen molar-refractivity contribution in [3.63, 3.8) is 0 Å². The van der Waals surface area contributed by atoms with Gasteiger partial charge >= 0.3 is 0 Å². The molecule has 0 saturated heterocycles. The van der Waals surface area contributed by atoms with Gasteiger partial charge in [-0.3, -0.25) is 10.1 Å². The third kappa shape index (κ3) is 4.09. The van der Waals surface area contributed by atoms with E-state index >= 15 is 0 Å². The highest BCUT2D eigenvalue weighted by atomic mass is 32.2. The van der Waals surface area contributed by atoms with Gasteiger partial charge in [0.2, 0.25) is 9.84 Å². The van der Waals surface area contributed by atoms with E-state index in [1.54, 1.807) is 0 Å². The van der Waals surface area contributed by atoms with E-state index in [0.717, 1.165) is 23.9 Å². The number of benzene rings is 1. The molecular weight excluding hydrogens is 322 g/mol. The molecular formula is C13H17N5O4S. The van der Waals surface area contributed by atoms with Gasteiger partial charge in [-0.25, -0.2) is 8.42 Å². The fourth-order valence-corrected chi connectivity index (χ4v) is 3.39. The van der Waals surface area contributed by atoms with Crippen LogP contribution in [0.3, 0.4) is 0 Å². The molecule has 10 heteroatoms. The summed E-state index contributed by atoms with van der Waals surface area (Å²) in [7, 11) is -3.61. The summed E-state index contributed by atoms with van der Waals surface area (Å²) in [6.45, 7) is 2.05.